The Kier molecular flexibility index (Phi) is 6.37. The molecular formula is C25H29N3O3. The fourth-order valence-corrected chi connectivity index (χ4v) is 4.06. The van der Waals surface area contributed by atoms with E-state index >= 15 is 0 Å². The molecule has 1 aromatic heterocycles. The van der Waals surface area contributed by atoms with Crippen molar-refractivity contribution in [1.29, 1.82) is 0 Å². The normalized spacial score (nSPS) is 13.2. The van der Waals surface area contributed by atoms with Crippen molar-refractivity contribution < 1.29 is 14.3 Å². The lowest BCUT2D eigenvalue weighted by Crippen LogP contribution is -2.37. The minimum absolute atomic E-state index is 0.131. The van der Waals surface area contributed by atoms with E-state index in [0.717, 1.165) is 29.0 Å². The van der Waals surface area contributed by atoms with Gasteiger partial charge >= 0.3 is 0 Å². The van der Waals surface area contributed by atoms with Gasteiger partial charge in [0.2, 0.25) is 5.91 Å². The van der Waals surface area contributed by atoms with Gasteiger partial charge in [0.25, 0.3) is 0 Å². The van der Waals surface area contributed by atoms with Crippen LogP contribution >= 0.6 is 0 Å². The van der Waals surface area contributed by atoms with Gasteiger partial charge in [-0.15, -0.1) is 0 Å². The monoisotopic (exact) mass is 419 g/mol. The molecular weight excluding hydrogens is 390 g/mol. The zero-order valence-electron chi connectivity index (χ0n) is 18.4. The SMILES string of the molecule is COc1ccc(CC(=O)N2CCc3c(c(COCc4ccccc4C)nn3C)C2)cc1. The number of fused-ring (bicyclic) bond motifs is 1. The summed E-state index contributed by atoms with van der Waals surface area (Å²) in [6.45, 7) is 4.38. The number of aromatic nitrogens is 2. The molecule has 0 unspecified atom stereocenters. The van der Waals surface area contributed by atoms with E-state index in [1.165, 1.54) is 16.8 Å². The molecule has 1 amide bonds. The van der Waals surface area contributed by atoms with E-state index in [-0.39, 0.29) is 5.91 Å². The molecule has 2 heterocycles. The first-order valence-corrected chi connectivity index (χ1v) is 10.6. The third-order valence-corrected chi connectivity index (χ3v) is 5.95. The molecule has 0 saturated heterocycles. The van der Waals surface area contributed by atoms with E-state index in [2.05, 4.69) is 24.2 Å². The average Bonchev–Trinajstić information content (AvgIpc) is 3.10. The number of nitrogens with zero attached hydrogens (tertiary/aromatic N) is 3. The van der Waals surface area contributed by atoms with Gasteiger partial charge in [0.15, 0.2) is 0 Å². The Hall–Kier alpha value is -3.12. The molecule has 6 nitrogen and oxygen atoms in total. The molecule has 1 aliphatic heterocycles. The Bertz CT molecular complexity index is 1060. The highest BCUT2D eigenvalue weighted by Crippen LogP contribution is 2.24. The van der Waals surface area contributed by atoms with Crippen molar-refractivity contribution in [3.8, 4) is 5.75 Å². The summed E-state index contributed by atoms with van der Waals surface area (Å²) in [5.74, 6) is 0.927. The average molecular weight is 420 g/mol. The van der Waals surface area contributed by atoms with Gasteiger partial charge < -0.3 is 14.4 Å². The molecule has 0 spiro atoms. The van der Waals surface area contributed by atoms with Crippen molar-refractivity contribution in [3.05, 3.63) is 82.2 Å². The largest absolute Gasteiger partial charge is 0.497 e. The Labute approximate surface area is 183 Å². The van der Waals surface area contributed by atoms with Gasteiger partial charge in [-0.1, -0.05) is 36.4 Å². The predicted molar refractivity (Wildman–Crippen MR) is 119 cm³/mol. The number of hydrogen-bond donors (Lipinski definition) is 0. The summed E-state index contributed by atoms with van der Waals surface area (Å²) in [4.78, 5) is 14.9. The number of hydrogen-bond acceptors (Lipinski definition) is 4. The molecule has 0 bridgehead atoms. The summed E-state index contributed by atoms with van der Waals surface area (Å²) in [7, 11) is 3.61. The highest BCUT2D eigenvalue weighted by atomic mass is 16.5. The molecule has 4 rings (SSSR count). The third kappa shape index (κ3) is 4.80. The van der Waals surface area contributed by atoms with Gasteiger partial charge in [-0.2, -0.15) is 5.10 Å². The fraction of sp³-hybridized carbons (Fsp3) is 0.360. The lowest BCUT2D eigenvalue weighted by Gasteiger charge is -2.28. The summed E-state index contributed by atoms with van der Waals surface area (Å²) in [5.41, 5.74) is 6.65. The van der Waals surface area contributed by atoms with E-state index in [1.807, 2.05) is 53.0 Å². The molecule has 162 valence electrons. The van der Waals surface area contributed by atoms with Crippen LogP contribution < -0.4 is 4.74 Å². The summed E-state index contributed by atoms with van der Waals surface area (Å²) in [5, 5.41) is 4.68. The molecule has 0 fully saturated rings. The summed E-state index contributed by atoms with van der Waals surface area (Å²) >= 11 is 0. The molecule has 0 radical (unpaired) electrons. The number of aryl methyl sites for hydroxylation is 2. The minimum atomic E-state index is 0.131. The number of carbonyl (C=O) groups is 1. The number of ether oxygens (including phenoxy) is 2. The minimum Gasteiger partial charge on any atom is -0.497 e. The van der Waals surface area contributed by atoms with Gasteiger partial charge in [0.05, 0.1) is 32.4 Å². The van der Waals surface area contributed by atoms with Crippen molar-refractivity contribution in [1.82, 2.24) is 14.7 Å². The Morgan fingerprint density at radius 3 is 2.61 bits per heavy atom. The maximum atomic E-state index is 12.9. The van der Waals surface area contributed by atoms with Gasteiger partial charge in [-0.3, -0.25) is 9.48 Å². The maximum absolute atomic E-state index is 12.9. The zero-order chi connectivity index (χ0) is 21.8. The standard InChI is InChI=1S/C25H29N3O3/c1-18-6-4-5-7-20(18)16-31-17-23-22-15-28(13-12-24(22)27(2)26-23)25(29)14-19-8-10-21(30-3)11-9-19/h4-11H,12-17H2,1-3H3. The topological polar surface area (TPSA) is 56.6 Å². The van der Waals surface area contributed by atoms with Crippen LogP contribution in [0.15, 0.2) is 48.5 Å². The van der Waals surface area contributed by atoms with Crippen molar-refractivity contribution in [2.24, 2.45) is 7.05 Å². The zero-order valence-corrected chi connectivity index (χ0v) is 18.4. The molecule has 1 aliphatic rings. The van der Waals surface area contributed by atoms with Crippen LogP contribution in [0.1, 0.15) is 33.6 Å². The number of carbonyl (C=O) groups excluding carboxylic acids is 1. The van der Waals surface area contributed by atoms with E-state index in [4.69, 9.17) is 9.47 Å². The second-order valence-electron chi connectivity index (χ2n) is 8.00. The van der Waals surface area contributed by atoms with Crippen molar-refractivity contribution in [2.75, 3.05) is 13.7 Å². The summed E-state index contributed by atoms with van der Waals surface area (Å²) < 4.78 is 13.1. The molecule has 0 saturated carbocycles. The van der Waals surface area contributed by atoms with E-state index < -0.39 is 0 Å². The highest BCUT2D eigenvalue weighted by molar-refractivity contribution is 5.79. The second kappa shape index (κ2) is 9.35. The molecule has 2 aromatic carbocycles. The smallest absolute Gasteiger partial charge is 0.227 e. The Balaban J connectivity index is 1.40. The number of benzene rings is 2. The van der Waals surface area contributed by atoms with Gasteiger partial charge in [0, 0.05) is 37.8 Å². The van der Waals surface area contributed by atoms with Gasteiger partial charge in [-0.05, 0) is 35.7 Å². The van der Waals surface area contributed by atoms with Crippen LogP contribution in [0.5, 0.6) is 5.75 Å². The van der Waals surface area contributed by atoms with Crippen LogP contribution in [0.3, 0.4) is 0 Å². The molecule has 0 atom stereocenters. The van der Waals surface area contributed by atoms with Crippen LogP contribution in [0.4, 0.5) is 0 Å². The van der Waals surface area contributed by atoms with Crippen LogP contribution in [-0.2, 0) is 49.2 Å². The van der Waals surface area contributed by atoms with E-state index in [0.29, 0.717) is 32.7 Å². The van der Waals surface area contributed by atoms with Crippen LogP contribution in [0.25, 0.3) is 0 Å². The van der Waals surface area contributed by atoms with E-state index in [1.54, 1.807) is 7.11 Å². The van der Waals surface area contributed by atoms with Gasteiger partial charge in [-0.25, -0.2) is 0 Å². The first-order chi connectivity index (χ1) is 15.0. The van der Waals surface area contributed by atoms with Crippen molar-refractivity contribution >= 4 is 5.91 Å². The van der Waals surface area contributed by atoms with Crippen molar-refractivity contribution in [2.45, 2.75) is 39.5 Å². The van der Waals surface area contributed by atoms with Crippen LogP contribution in [0.2, 0.25) is 0 Å². The van der Waals surface area contributed by atoms with Crippen LogP contribution in [0, 0.1) is 6.92 Å². The quantitative estimate of drug-likeness (QED) is 0.587. The first kappa shape index (κ1) is 21.1. The number of rotatable bonds is 7. The number of amides is 1. The molecule has 0 aliphatic carbocycles. The number of methoxy groups -OCH3 is 1. The van der Waals surface area contributed by atoms with E-state index in [9.17, 15) is 4.79 Å². The second-order valence-corrected chi connectivity index (χ2v) is 8.00. The molecule has 3 aromatic rings. The fourth-order valence-electron chi connectivity index (χ4n) is 4.06. The summed E-state index contributed by atoms with van der Waals surface area (Å²) in [6.07, 6.45) is 1.20. The Morgan fingerprint density at radius 1 is 1.10 bits per heavy atom. The van der Waals surface area contributed by atoms with Crippen molar-refractivity contribution in [3.63, 3.8) is 0 Å². The highest BCUT2D eigenvalue weighted by Gasteiger charge is 2.26. The Morgan fingerprint density at radius 2 is 1.87 bits per heavy atom. The maximum Gasteiger partial charge on any atom is 0.227 e. The molecule has 0 N–H and O–H groups in total. The van der Waals surface area contributed by atoms with Crippen LogP contribution in [-0.4, -0.2) is 34.2 Å². The lowest BCUT2D eigenvalue weighted by molar-refractivity contribution is -0.131. The van der Waals surface area contributed by atoms with Gasteiger partial charge in [0.1, 0.15) is 5.75 Å². The third-order valence-electron chi connectivity index (χ3n) is 5.95. The molecule has 6 heteroatoms. The summed E-state index contributed by atoms with van der Waals surface area (Å²) in [6, 6.07) is 15.9. The predicted octanol–water partition coefficient (Wildman–Crippen LogP) is 3.58. The lowest BCUT2D eigenvalue weighted by atomic mass is 10.0. The molecule has 31 heavy (non-hydrogen) atoms. The first-order valence-electron chi connectivity index (χ1n) is 10.6.